The molecule has 2 heterocycles. The minimum absolute atomic E-state index is 0.548. The van der Waals surface area contributed by atoms with Crippen molar-refractivity contribution in [1.82, 2.24) is 9.38 Å². The Bertz CT molecular complexity index is 791. The number of rotatable bonds is 4. The van der Waals surface area contributed by atoms with Crippen molar-refractivity contribution < 1.29 is 9.84 Å². The molecule has 1 atom stereocenters. The summed E-state index contributed by atoms with van der Waals surface area (Å²) in [6, 6.07) is 13.7. The number of hydrogen-bond donors (Lipinski definition) is 1. The second-order valence-corrected chi connectivity index (χ2v) is 5.36. The maximum Gasteiger partial charge on any atom is 0.137 e. The summed E-state index contributed by atoms with van der Waals surface area (Å²) in [5, 5.41) is 10.5. The smallest absolute Gasteiger partial charge is 0.137 e. The number of benzene rings is 1. The maximum atomic E-state index is 10.5. The summed E-state index contributed by atoms with van der Waals surface area (Å²) in [5.74, 6) is 0.807. The zero-order chi connectivity index (χ0) is 15.7. The van der Waals surface area contributed by atoms with E-state index in [4.69, 9.17) is 9.72 Å². The van der Waals surface area contributed by atoms with Crippen LogP contribution < -0.4 is 4.74 Å². The topological polar surface area (TPSA) is 46.8 Å². The molecule has 114 valence electrons. The molecule has 22 heavy (non-hydrogen) atoms. The Morgan fingerprint density at radius 2 is 1.91 bits per heavy atom. The number of pyridine rings is 1. The van der Waals surface area contributed by atoms with Crippen LogP contribution in [0.3, 0.4) is 0 Å². The molecule has 0 aliphatic rings. The SMILES string of the molecule is CCC(O)c1c(-c2ccc(OC)cc2)nc2cccc(C)n12. The van der Waals surface area contributed by atoms with Gasteiger partial charge in [0.1, 0.15) is 11.4 Å². The molecular weight excluding hydrogens is 276 g/mol. The van der Waals surface area contributed by atoms with E-state index in [0.717, 1.165) is 34.0 Å². The van der Waals surface area contributed by atoms with Crippen LogP contribution in [0.4, 0.5) is 0 Å². The molecule has 0 aliphatic heterocycles. The van der Waals surface area contributed by atoms with Crippen LogP contribution in [0.1, 0.15) is 30.8 Å². The lowest BCUT2D eigenvalue weighted by Gasteiger charge is -2.12. The lowest BCUT2D eigenvalue weighted by atomic mass is 10.1. The van der Waals surface area contributed by atoms with E-state index in [0.29, 0.717) is 6.42 Å². The standard InChI is InChI=1S/C18H20N2O2/c1-4-15(21)18-17(13-8-10-14(22-3)11-9-13)19-16-7-5-6-12(2)20(16)18/h5-11,15,21H,4H2,1-3H3. The normalized spacial score (nSPS) is 12.5. The quantitative estimate of drug-likeness (QED) is 0.797. The van der Waals surface area contributed by atoms with Gasteiger partial charge >= 0.3 is 0 Å². The Kier molecular flexibility index (Phi) is 3.86. The fourth-order valence-corrected chi connectivity index (χ4v) is 2.74. The van der Waals surface area contributed by atoms with Gasteiger partial charge in [0.2, 0.25) is 0 Å². The Labute approximate surface area is 130 Å². The molecule has 0 bridgehead atoms. The Hall–Kier alpha value is -2.33. The number of aliphatic hydroxyl groups excluding tert-OH is 1. The first kappa shape index (κ1) is 14.6. The number of ether oxygens (including phenoxy) is 1. The van der Waals surface area contributed by atoms with Gasteiger partial charge in [0.25, 0.3) is 0 Å². The molecule has 1 unspecified atom stereocenters. The Balaban J connectivity index is 2.25. The van der Waals surface area contributed by atoms with Crippen molar-refractivity contribution >= 4 is 5.65 Å². The van der Waals surface area contributed by atoms with Gasteiger partial charge in [-0.05, 0) is 49.7 Å². The molecule has 0 aliphatic carbocycles. The van der Waals surface area contributed by atoms with E-state index >= 15 is 0 Å². The van der Waals surface area contributed by atoms with Crippen LogP contribution in [0.15, 0.2) is 42.5 Å². The van der Waals surface area contributed by atoms with Gasteiger partial charge in [-0.15, -0.1) is 0 Å². The Morgan fingerprint density at radius 3 is 2.55 bits per heavy atom. The van der Waals surface area contributed by atoms with Crippen molar-refractivity contribution in [3.05, 3.63) is 53.9 Å². The summed E-state index contributed by atoms with van der Waals surface area (Å²) in [6.07, 6.45) is 0.0962. The molecule has 3 rings (SSSR count). The molecule has 0 spiro atoms. The van der Waals surface area contributed by atoms with Crippen LogP contribution in [0.25, 0.3) is 16.9 Å². The van der Waals surface area contributed by atoms with Crippen molar-refractivity contribution in [2.75, 3.05) is 7.11 Å². The number of aliphatic hydroxyl groups is 1. The predicted octanol–water partition coefficient (Wildman–Crippen LogP) is 3.76. The average molecular weight is 296 g/mol. The number of methoxy groups -OCH3 is 1. The third-order valence-electron chi connectivity index (χ3n) is 3.94. The van der Waals surface area contributed by atoms with Crippen LogP contribution in [-0.2, 0) is 0 Å². The molecule has 1 N–H and O–H groups in total. The van der Waals surface area contributed by atoms with Crippen molar-refractivity contribution in [3.8, 4) is 17.0 Å². The number of fused-ring (bicyclic) bond motifs is 1. The highest BCUT2D eigenvalue weighted by atomic mass is 16.5. The van der Waals surface area contributed by atoms with Crippen molar-refractivity contribution in [1.29, 1.82) is 0 Å². The van der Waals surface area contributed by atoms with Gasteiger partial charge in [-0.3, -0.25) is 4.40 Å². The number of hydrogen-bond acceptors (Lipinski definition) is 3. The van der Waals surface area contributed by atoms with E-state index in [1.807, 2.05) is 60.7 Å². The fourth-order valence-electron chi connectivity index (χ4n) is 2.74. The third-order valence-corrected chi connectivity index (χ3v) is 3.94. The van der Waals surface area contributed by atoms with Crippen molar-refractivity contribution in [2.24, 2.45) is 0 Å². The second kappa shape index (κ2) is 5.81. The average Bonchev–Trinajstić information content (AvgIpc) is 2.95. The minimum atomic E-state index is -0.548. The monoisotopic (exact) mass is 296 g/mol. The van der Waals surface area contributed by atoms with Gasteiger partial charge in [0, 0.05) is 11.3 Å². The van der Waals surface area contributed by atoms with Gasteiger partial charge < -0.3 is 9.84 Å². The number of aromatic nitrogens is 2. The van der Waals surface area contributed by atoms with Crippen LogP contribution in [-0.4, -0.2) is 21.6 Å². The zero-order valence-electron chi connectivity index (χ0n) is 13.1. The molecule has 0 radical (unpaired) electrons. The van der Waals surface area contributed by atoms with Crippen LogP contribution in [0.5, 0.6) is 5.75 Å². The molecular formula is C18H20N2O2. The van der Waals surface area contributed by atoms with E-state index in [1.54, 1.807) is 7.11 Å². The molecule has 0 amide bonds. The molecule has 0 fully saturated rings. The predicted molar refractivity (Wildman–Crippen MR) is 87.2 cm³/mol. The van der Waals surface area contributed by atoms with Crippen LogP contribution >= 0.6 is 0 Å². The van der Waals surface area contributed by atoms with Gasteiger partial charge in [-0.2, -0.15) is 0 Å². The van der Waals surface area contributed by atoms with E-state index in [2.05, 4.69) is 0 Å². The van der Waals surface area contributed by atoms with E-state index in [-0.39, 0.29) is 0 Å². The van der Waals surface area contributed by atoms with Gasteiger partial charge in [-0.25, -0.2) is 4.98 Å². The molecule has 3 aromatic rings. The van der Waals surface area contributed by atoms with Crippen molar-refractivity contribution in [3.63, 3.8) is 0 Å². The zero-order valence-corrected chi connectivity index (χ0v) is 13.1. The first-order valence-electron chi connectivity index (χ1n) is 7.46. The molecule has 1 aromatic carbocycles. The summed E-state index contributed by atoms with van der Waals surface area (Å²) in [7, 11) is 1.65. The molecule has 0 saturated carbocycles. The van der Waals surface area contributed by atoms with Gasteiger partial charge in [0.15, 0.2) is 0 Å². The molecule has 2 aromatic heterocycles. The lowest BCUT2D eigenvalue weighted by Crippen LogP contribution is -2.04. The second-order valence-electron chi connectivity index (χ2n) is 5.36. The summed E-state index contributed by atoms with van der Waals surface area (Å²) < 4.78 is 7.24. The summed E-state index contributed by atoms with van der Waals surface area (Å²) in [5.41, 5.74) is 4.57. The summed E-state index contributed by atoms with van der Waals surface area (Å²) in [4.78, 5) is 4.73. The third kappa shape index (κ3) is 2.35. The van der Waals surface area contributed by atoms with E-state index < -0.39 is 6.10 Å². The highest BCUT2D eigenvalue weighted by Gasteiger charge is 2.20. The highest BCUT2D eigenvalue weighted by molar-refractivity contribution is 5.68. The lowest BCUT2D eigenvalue weighted by molar-refractivity contribution is 0.168. The van der Waals surface area contributed by atoms with Gasteiger partial charge in [-0.1, -0.05) is 13.0 Å². The molecule has 4 heteroatoms. The highest BCUT2D eigenvalue weighted by Crippen LogP contribution is 2.32. The number of imidazole rings is 1. The Morgan fingerprint density at radius 1 is 1.18 bits per heavy atom. The van der Waals surface area contributed by atoms with Crippen molar-refractivity contribution in [2.45, 2.75) is 26.4 Å². The van der Waals surface area contributed by atoms with Crippen LogP contribution in [0.2, 0.25) is 0 Å². The molecule has 4 nitrogen and oxygen atoms in total. The maximum absolute atomic E-state index is 10.5. The van der Waals surface area contributed by atoms with Gasteiger partial charge in [0.05, 0.1) is 24.6 Å². The summed E-state index contributed by atoms with van der Waals surface area (Å²) in [6.45, 7) is 4.00. The van der Waals surface area contributed by atoms with Crippen LogP contribution in [0, 0.1) is 6.92 Å². The van der Waals surface area contributed by atoms with E-state index in [9.17, 15) is 5.11 Å². The van der Waals surface area contributed by atoms with E-state index in [1.165, 1.54) is 0 Å². The largest absolute Gasteiger partial charge is 0.497 e. The first-order chi connectivity index (χ1) is 10.7. The molecule has 0 saturated heterocycles. The minimum Gasteiger partial charge on any atom is -0.497 e. The summed E-state index contributed by atoms with van der Waals surface area (Å²) >= 11 is 0. The fraction of sp³-hybridized carbons (Fsp3) is 0.278. The number of aryl methyl sites for hydroxylation is 1. The first-order valence-corrected chi connectivity index (χ1v) is 7.46. The number of nitrogens with zero attached hydrogens (tertiary/aromatic N) is 2.